The molecule has 0 aliphatic carbocycles. The van der Waals surface area contributed by atoms with Crippen molar-refractivity contribution in [3.8, 4) is 16.9 Å². The zero-order valence-corrected chi connectivity index (χ0v) is 12.3. The molecule has 0 unspecified atom stereocenters. The molecule has 20 heavy (non-hydrogen) atoms. The van der Waals surface area contributed by atoms with E-state index in [-0.39, 0.29) is 5.97 Å². The van der Waals surface area contributed by atoms with Crippen LogP contribution in [0.25, 0.3) is 11.1 Å². The van der Waals surface area contributed by atoms with Crippen molar-refractivity contribution in [1.82, 2.24) is 0 Å². The summed E-state index contributed by atoms with van der Waals surface area (Å²) in [6.07, 6.45) is 0. The van der Waals surface area contributed by atoms with E-state index in [1.165, 1.54) is 11.3 Å². The molecule has 1 aromatic heterocycles. The molecule has 2 N–H and O–H groups in total. The molecule has 5 heteroatoms. The van der Waals surface area contributed by atoms with Crippen molar-refractivity contribution >= 4 is 22.3 Å². The van der Waals surface area contributed by atoms with Gasteiger partial charge in [0.15, 0.2) is 0 Å². The Morgan fingerprint density at radius 1 is 1.20 bits per heavy atom. The lowest BCUT2D eigenvalue weighted by Gasteiger charge is -2.07. The summed E-state index contributed by atoms with van der Waals surface area (Å²) >= 11 is 1.34. The molecular formula is C15H17NO3S. The van der Waals surface area contributed by atoms with E-state index in [0.29, 0.717) is 23.8 Å². The fraction of sp³-hybridized carbons (Fsp3) is 0.267. The second-order valence-electron chi connectivity index (χ2n) is 4.07. The summed E-state index contributed by atoms with van der Waals surface area (Å²) in [6, 6.07) is 7.58. The highest BCUT2D eigenvalue weighted by atomic mass is 32.1. The van der Waals surface area contributed by atoms with Gasteiger partial charge in [0.25, 0.3) is 0 Å². The second kappa shape index (κ2) is 6.43. The first kappa shape index (κ1) is 14.4. The number of ether oxygens (including phenoxy) is 2. The Kier molecular flexibility index (Phi) is 4.63. The van der Waals surface area contributed by atoms with Crippen molar-refractivity contribution in [3.63, 3.8) is 0 Å². The van der Waals surface area contributed by atoms with Gasteiger partial charge in [-0.15, -0.1) is 11.3 Å². The van der Waals surface area contributed by atoms with Crippen molar-refractivity contribution in [3.05, 3.63) is 35.2 Å². The number of benzene rings is 1. The molecular weight excluding hydrogens is 274 g/mol. The monoisotopic (exact) mass is 291 g/mol. The molecule has 2 rings (SSSR count). The fourth-order valence-electron chi connectivity index (χ4n) is 1.90. The molecule has 0 aliphatic rings. The first-order valence-electron chi connectivity index (χ1n) is 6.44. The molecule has 0 amide bonds. The largest absolute Gasteiger partial charge is 0.494 e. The summed E-state index contributed by atoms with van der Waals surface area (Å²) in [7, 11) is 0. The van der Waals surface area contributed by atoms with Gasteiger partial charge in [0, 0.05) is 10.9 Å². The van der Waals surface area contributed by atoms with Gasteiger partial charge in [-0.25, -0.2) is 4.79 Å². The molecule has 4 nitrogen and oxygen atoms in total. The quantitative estimate of drug-likeness (QED) is 0.855. The highest BCUT2D eigenvalue weighted by molar-refractivity contribution is 7.14. The standard InChI is InChI=1S/C15H17NO3S/c1-3-18-11-7-5-10(6-8-11)12-9-20-14(16)13(12)15(17)19-4-2/h5-9H,3-4,16H2,1-2H3. The molecule has 0 atom stereocenters. The molecule has 0 bridgehead atoms. The highest BCUT2D eigenvalue weighted by Crippen LogP contribution is 2.34. The zero-order valence-electron chi connectivity index (χ0n) is 11.5. The Balaban J connectivity index is 2.35. The number of anilines is 1. The van der Waals surface area contributed by atoms with Crippen LogP contribution in [0.4, 0.5) is 5.00 Å². The summed E-state index contributed by atoms with van der Waals surface area (Å²) in [5.41, 5.74) is 8.05. The Bertz CT molecular complexity index is 590. The van der Waals surface area contributed by atoms with Crippen LogP contribution in [0.15, 0.2) is 29.6 Å². The Labute approximate surface area is 122 Å². The highest BCUT2D eigenvalue weighted by Gasteiger charge is 2.19. The lowest BCUT2D eigenvalue weighted by Crippen LogP contribution is -2.07. The number of esters is 1. The van der Waals surface area contributed by atoms with Crippen molar-refractivity contribution in [2.75, 3.05) is 18.9 Å². The number of carbonyl (C=O) groups excluding carboxylic acids is 1. The van der Waals surface area contributed by atoms with Gasteiger partial charge in [-0.2, -0.15) is 0 Å². The Morgan fingerprint density at radius 2 is 1.90 bits per heavy atom. The number of hydrogen-bond donors (Lipinski definition) is 1. The average Bonchev–Trinajstić information content (AvgIpc) is 2.82. The van der Waals surface area contributed by atoms with Gasteiger partial charge >= 0.3 is 5.97 Å². The second-order valence-corrected chi connectivity index (χ2v) is 4.98. The average molecular weight is 291 g/mol. The molecule has 0 spiro atoms. The smallest absolute Gasteiger partial charge is 0.341 e. The minimum Gasteiger partial charge on any atom is -0.494 e. The predicted molar refractivity (Wildman–Crippen MR) is 81.3 cm³/mol. The van der Waals surface area contributed by atoms with E-state index < -0.39 is 0 Å². The van der Waals surface area contributed by atoms with Gasteiger partial charge in [-0.1, -0.05) is 12.1 Å². The lowest BCUT2D eigenvalue weighted by atomic mass is 10.0. The molecule has 0 fully saturated rings. The summed E-state index contributed by atoms with van der Waals surface area (Å²) in [5, 5.41) is 2.35. The van der Waals surface area contributed by atoms with Gasteiger partial charge in [0.1, 0.15) is 16.3 Å². The maximum Gasteiger partial charge on any atom is 0.341 e. The van der Waals surface area contributed by atoms with E-state index in [9.17, 15) is 4.79 Å². The topological polar surface area (TPSA) is 61.5 Å². The van der Waals surface area contributed by atoms with Crippen LogP contribution < -0.4 is 10.5 Å². The summed E-state index contributed by atoms with van der Waals surface area (Å²) in [4.78, 5) is 12.0. The van der Waals surface area contributed by atoms with Crippen molar-refractivity contribution in [2.45, 2.75) is 13.8 Å². The van der Waals surface area contributed by atoms with Crippen LogP contribution in [0.1, 0.15) is 24.2 Å². The van der Waals surface area contributed by atoms with E-state index in [0.717, 1.165) is 16.9 Å². The first-order chi connectivity index (χ1) is 9.67. The maximum atomic E-state index is 12.0. The molecule has 1 aromatic carbocycles. The Morgan fingerprint density at radius 3 is 2.50 bits per heavy atom. The van der Waals surface area contributed by atoms with Crippen LogP contribution in [0.3, 0.4) is 0 Å². The van der Waals surface area contributed by atoms with Crippen molar-refractivity contribution in [1.29, 1.82) is 0 Å². The normalized spacial score (nSPS) is 10.3. The van der Waals surface area contributed by atoms with Crippen LogP contribution >= 0.6 is 11.3 Å². The van der Waals surface area contributed by atoms with Crippen LogP contribution in [-0.4, -0.2) is 19.2 Å². The minimum atomic E-state index is -0.380. The number of hydrogen-bond acceptors (Lipinski definition) is 5. The third-order valence-electron chi connectivity index (χ3n) is 2.78. The number of nitrogens with two attached hydrogens (primary N) is 1. The van der Waals surface area contributed by atoms with E-state index >= 15 is 0 Å². The van der Waals surface area contributed by atoms with Crippen molar-refractivity contribution in [2.24, 2.45) is 0 Å². The van der Waals surface area contributed by atoms with E-state index in [2.05, 4.69) is 0 Å². The summed E-state index contributed by atoms with van der Waals surface area (Å²) < 4.78 is 10.5. The van der Waals surface area contributed by atoms with Crippen LogP contribution in [0.2, 0.25) is 0 Å². The third-order valence-corrected chi connectivity index (χ3v) is 3.59. The fourth-order valence-corrected chi connectivity index (χ4v) is 2.71. The molecule has 0 aliphatic heterocycles. The van der Waals surface area contributed by atoms with Crippen molar-refractivity contribution < 1.29 is 14.3 Å². The zero-order chi connectivity index (χ0) is 14.5. The Hall–Kier alpha value is -2.01. The number of thiophene rings is 1. The van der Waals surface area contributed by atoms with Gasteiger partial charge in [0.05, 0.1) is 13.2 Å². The molecule has 0 radical (unpaired) electrons. The first-order valence-corrected chi connectivity index (χ1v) is 7.32. The molecule has 2 aromatic rings. The maximum absolute atomic E-state index is 12.0. The summed E-state index contributed by atoms with van der Waals surface area (Å²) in [6.45, 7) is 4.67. The van der Waals surface area contributed by atoms with Crippen LogP contribution in [-0.2, 0) is 4.74 Å². The number of carbonyl (C=O) groups is 1. The van der Waals surface area contributed by atoms with Gasteiger partial charge in [0.2, 0.25) is 0 Å². The number of rotatable bonds is 5. The van der Waals surface area contributed by atoms with Gasteiger partial charge in [-0.3, -0.25) is 0 Å². The summed E-state index contributed by atoms with van der Waals surface area (Å²) in [5.74, 6) is 0.423. The van der Waals surface area contributed by atoms with Crippen LogP contribution in [0.5, 0.6) is 5.75 Å². The third kappa shape index (κ3) is 2.93. The molecule has 0 saturated heterocycles. The lowest BCUT2D eigenvalue weighted by molar-refractivity contribution is 0.0529. The van der Waals surface area contributed by atoms with Gasteiger partial charge in [-0.05, 0) is 31.5 Å². The SMILES string of the molecule is CCOC(=O)c1c(-c2ccc(OCC)cc2)csc1N. The molecule has 106 valence electrons. The minimum absolute atomic E-state index is 0.330. The molecule has 0 saturated carbocycles. The predicted octanol–water partition coefficient (Wildman–Crippen LogP) is 3.57. The van der Waals surface area contributed by atoms with E-state index in [4.69, 9.17) is 15.2 Å². The van der Waals surface area contributed by atoms with Crippen LogP contribution in [0, 0.1) is 0 Å². The van der Waals surface area contributed by atoms with E-state index in [1.807, 2.05) is 36.6 Å². The van der Waals surface area contributed by atoms with Gasteiger partial charge < -0.3 is 15.2 Å². The van der Waals surface area contributed by atoms with E-state index in [1.54, 1.807) is 6.92 Å². The number of nitrogen functional groups attached to an aromatic ring is 1. The molecule has 1 heterocycles.